The van der Waals surface area contributed by atoms with E-state index in [0.717, 1.165) is 23.4 Å². The molecule has 2 aromatic rings. The van der Waals surface area contributed by atoms with Crippen molar-refractivity contribution in [3.8, 4) is 16.9 Å². The summed E-state index contributed by atoms with van der Waals surface area (Å²) in [6.45, 7) is 1.88. The number of carbonyl (C=O) groups is 1. The third-order valence-corrected chi connectivity index (χ3v) is 3.67. The largest absolute Gasteiger partial charge is 0.492 e. The highest BCUT2D eigenvalue weighted by atomic mass is 16.5. The van der Waals surface area contributed by atoms with E-state index >= 15 is 0 Å². The van der Waals surface area contributed by atoms with Gasteiger partial charge in [-0.05, 0) is 18.7 Å². The van der Waals surface area contributed by atoms with Crippen LogP contribution in [-0.2, 0) is 4.79 Å². The number of rotatable bonds is 8. The summed E-state index contributed by atoms with van der Waals surface area (Å²) in [6.07, 6.45) is 0.378. The minimum atomic E-state index is 0.0949. The lowest BCUT2D eigenvalue weighted by Gasteiger charge is -2.17. The van der Waals surface area contributed by atoms with Gasteiger partial charge < -0.3 is 15.0 Å². The predicted octanol–water partition coefficient (Wildman–Crippen LogP) is 2.80. The maximum Gasteiger partial charge on any atom is 0.225 e. The summed E-state index contributed by atoms with van der Waals surface area (Å²) < 4.78 is 5.85. The molecule has 122 valence electrons. The normalized spacial score (nSPS) is 10.3. The maximum atomic E-state index is 12.0. The monoisotopic (exact) mass is 312 g/mol. The summed E-state index contributed by atoms with van der Waals surface area (Å²) in [5.41, 5.74) is 2.16. The zero-order valence-electron chi connectivity index (χ0n) is 13.8. The average Bonchev–Trinajstić information content (AvgIpc) is 2.60. The first-order valence-corrected chi connectivity index (χ1v) is 7.88. The molecule has 2 aromatic carbocycles. The highest BCUT2D eigenvalue weighted by Crippen LogP contribution is 2.29. The fraction of sp³-hybridized carbons (Fsp3) is 0.316. The molecule has 23 heavy (non-hydrogen) atoms. The summed E-state index contributed by atoms with van der Waals surface area (Å²) in [4.78, 5) is 13.7. The van der Waals surface area contributed by atoms with Crippen LogP contribution < -0.4 is 10.1 Å². The molecule has 0 saturated carbocycles. The number of likely N-dealkylation sites (N-methyl/N-ethyl adjacent to an activating group) is 2. The van der Waals surface area contributed by atoms with Gasteiger partial charge in [0, 0.05) is 25.7 Å². The minimum Gasteiger partial charge on any atom is -0.492 e. The Bertz CT molecular complexity index is 614. The zero-order valence-corrected chi connectivity index (χ0v) is 13.8. The quantitative estimate of drug-likeness (QED) is 0.815. The first-order chi connectivity index (χ1) is 11.2. The molecule has 2 rings (SSSR count). The first kappa shape index (κ1) is 17.0. The number of carbonyl (C=O) groups excluding carboxylic acids is 1. The van der Waals surface area contributed by atoms with Crippen LogP contribution in [-0.4, -0.2) is 44.6 Å². The van der Waals surface area contributed by atoms with E-state index in [0.29, 0.717) is 19.6 Å². The van der Waals surface area contributed by atoms with Crippen LogP contribution in [0.4, 0.5) is 0 Å². The molecule has 0 radical (unpaired) electrons. The van der Waals surface area contributed by atoms with Gasteiger partial charge in [0.1, 0.15) is 5.75 Å². The molecule has 4 nitrogen and oxygen atoms in total. The fourth-order valence-corrected chi connectivity index (χ4v) is 2.29. The molecule has 1 N–H and O–H groups in total. The standard InChI is InChI=1S/C19H24N2O2/c1-20-13-14-21(2)19(22)12-15-23-18-11-7-6-10-17(18)16-8-4-3-5-9-16/h3-11,20H,12-15H2,1-2H3. The van der Waals surface area contributed by atoms with E-state index < -0.39 is 0 Å². The van der Waals surface area contributed by atoms with E-state index in [1.165, 1.54) is 0 Å². The van der Waals surface area contributed by atoms with Crippen LogP contribution in [0.5, 0.6) is 5.75 Å². The summed E-state index contributed by atoms with van der Waals surface area (Å²) >= 11 is 0. The highest BCUT2D eigenvalue weighted by Gasteiger charge is 2.10. The Balaban J connectivity index is 1.93. The van der Waals surface area contributed by atoms with Crippen molar-refractivity contribution in [1.29, 1.82) is 0 Å². The van der Waals surface area contributed by atoms with Crippen LogP contribution in [0.25, 0.3) is 11.1 Å². The Morgan fingerprint density at radius 2 is 1.78 bits per heavy atom. The Labute approximate surface area is 138 Å². The molecule has 0 atom stereocenters. The molecule has 0 aliphatic heterocycles. The Morgan fingerprint density at radius 3 is 2.52 bits per heavy atom. The minimum absolute atomic E-state index is 0.0949. The highest BCUT2D eigenvalue weighted by molar-refractivity contribution is 5.76. The van der Waals surface area contributed by atoms with Gasteiger partial charge >= 0.3 is 0 Å². The predicted molar refractivity (Wildman–Crippen MR) is 93.6 cm³/mol. The first-order valence-electron chi connectivity index (χ1n) is 7.88. The average molecular weight is 312 g/mol. The fourth-order valence-electron chi connectivity index (χ4n) is 2.29. The molecule has 0 unspecified atom stereocenters. The van der Waals surface area contributed by atoms with Gasteiger partial charge in [-0.3, -0.25) is 4.79 Å². The Kier molecular flexibility index (Phi) is 6.63. The van der Waals surface area contributed by atoms with Crippen molar-refractivity contribution in [2.75, 3.05) is 33.8 Å². The van der Waals surface area contributed by atoms with Gasteiger partial charge in [-0.2, -0.15) is 0 Å². The van der Waals surface area contributed by atoms with Crippen molar-refractivity contribution in [1.82, 2.24) is 10.2 Å². The van der Waals surface area contributed by atoms with Crippen LogP contribution in [0.15, 0.2) is 54.6 Å². The van der Waals surface area contributed by atoms with Crippen molar-refractivity contribution in [2.24, 2.45) is 0 Å². The lowest BCUT2D eigenvalue weighted by atomic mass is 10.1. The van der Waals surface area contributed by atoms with Crippen molar-refractivity contribution in [3.05, 3.63) is 54.6 Å². The van der Waals surface area contributed by atoms with Crippen LogP contribution in [0, 0.1) is 0 Å². The van der Waals surface area contributed by atoms with E-state index in [2.05, 4.69) is 17.4 Å². The third kappa shape index (κ3) is 5.11. The number of nitrogens with one attached hydrogen (secondary N) is 1. The maximum absolute atomic E-state index is 12.0. The second kappa shape index (κ2) is 8.96. The molecule has 4 heteroatoms. The lowest BCUT2D eigenvalue weighted by Crippen LogP contribution is -2.33. The number of hydrogen-bond donors (Lipinski definition) is 1. The van der Waals surface area contributed by atoms with Crippen LogP contribution >= 0.6 is 0 Å². The van der Waals surface area contributed by atoms with Gasteiger partial charge in [-0.15, -0.1) is 0 Å². The van der Waals surface area contributed by atoms with Gasteiger partial charge in [-0.1, -0.05) is 48.5 Å². The number of hydrogen-bond acceptors (Lipinski definition) is 3. The van der Waals surface area contributed by atoms with E-state index in [4.69, 9.17) is 4.74 Å². The Morgan fingerprint density at radius 1 is 1.09 bits per heavy atom. The van der Waals surface area contributed by atoms with E-state index in [-0.39, 0.29) is 5.91 Å². The van der Waals surface area contributed by atoms with Crippen LogP contribution in [0.2, 0.25) is 0 Å². The number of para-hydroxylation sites is 1. The van der Waals surface area contributed by atoms with Crippen LogP contribution in [0.3, 0.4) is 0 Å². The molecule has 0 bridgehead atoms. The molecule has 0 aliphatic rings. The van der Waals surface area contributed by atoms with Gasteiger partial charge in [0.15, 0.2) is 0 Å². The van der Waals surface area contributed by atoms with Crippen molar-refractivity contribution >= 4 is 5.91 Å². The molecular weight excluding hydrogens is 288 g/mol. The lowest BCUT2D eigenvalue weighted by molar-refractivity contribution is -0.130. The molecule has 1 amide bonds. The van der Waals surface area contributed by atoms with Crippen LogP contribution in [0.1, 0.15) is 6.42 Å². The van der Waals surface area contributed by atoms with Crippen molar-refractivity contribution in [3.63, 3.8) is 0 Å². The molecule has 0 heterocycles. The molecular formula is C19H24N2O2. The zero-order chi connectivity index (χ0) is 16.5. The van der Waals surface area contributed by atoms with Gasteiger partial charge in [0.25, 0.3) is 0 Å². The van der Waals surface area contributed by atoms with Gasteiger partial charge in [0.05, 0.1) is 13.0 Å². The number of ether oxygens (including phenoxy) is 1. The molecule has 0 aromatic heterocycles. The summed E-state index contributed by atoms with van der Waals surface area (Å²) in [6, 6.07) is 18.0. The number of amides is 1. The van der Waals surface area contributed by atoms with Crippen molar-refractivity contribution < 1.29 is 9.53 Å². The summed E-state index contributed by atoms with van der Waals surface area (Å²) in [5.74, 6) is 0.904. The van der Waals surface area contributed by atoms with E-state index in [9.17, 15) is 4.79 Å². The van der Waals surface area contributed by atoms with Crippen molar-refractivity contribution in [2.45, 2.75) is 6.42 Å². The molecule has 0 aliphatic carbocycles. The molecule has 0 spiro atoms. The van der Waals surface area contributed by atoms with Gasteiger partial charge in [0.2, 0.25) is 5.91 Å². The summed E-state index contributed by atoms with van der Waals surface area (Å²) in [5, 5.41) is 3.04. The topological polar surface area (TPSA) is 41.6 Å². The number of benzene rings is 2. The van der Waals surface area contributed by atoms with Gasteiger partial charge in [-0.25, -0.2) is 0 Å². The molecule has 0 fully saturated rings. The SMILES string of the molecule is CNCCN(C)C(=O)CCOc1ccccc1-c1ccccc1. The third-order valence-electron chi connectivity index (χ3n) is 3.67. The smallest absolute Gasteiger partial charge is 0.225 e. The molecule has 0 saturated heterocycles. The summed E-state index contributed by atoms with van der Waals surface area (Å²) in [7, 11) is 3.69. The van der Waals surface area contributed by atoms with E-state index in [1.54, 1.807) is 4.90 Å². The number of nitrogens with zero attached hydrogens (tertiary/aromatic N) is 1. The van der Waals surface area contributed by atoms with E-state index in [1.807, 2.05) is 56.6 Å². The second-order valence-corrected chi connectivity index (χ2v) is 5.38. The Hall–Kier alpha value is -2.33. The second-order valence-electron chi connectivity index (χ2n) is 5.38.